The van der Waals surface area contributed by atoms with Gasteiger partial charge in [0.25, 0.3) is 0 Å². The van der Waals surface area contributed by atoms with Crippen molar-refractivity contribution in [1.82, 2.24) is 15.3 Å². The molecule has 0 fully saturated rings. The number of hydrogen-bond acceptors (Lipinski definition) is 7. The molecule has 0 aliphatic heterocycles. The first-order valence-corrected chi connectivity index (χ1v) is 7.90. The van der Waals surface area contributed by atoms with Gasteiger partial charge in [0, 0.05) is 12.2 Å². The van der Waals surface area contributed by atoms with Crippen LogP contribution in [0.5, 0.6) is 0 Å². The van der Waals surface area contributed by atoms with E-state index in [1.54, 1.807) is 0 Å². The lowest BCUT2D eigenvalue weighted by atomic mass is 10.2. The summed E-state index contributed by atoms with van der Waals surface area (Å²) in [7, 11) is 0. The molecule has 4 N–H and O–H groups in total. The largest absolute Gasteiger partial charge is 0.444 e. The normalized spacial score (nSPS) is 10.9. The highest BCUT2D eigenvalue weighted by Crippen LogP contribution is 2.23. The average molecular weight is 366 g/mol. The molecule has 1 aromatic heterocycles. The molecule has 9 heteroatoms. The van der Waals surface area contributed by atoms with Gasteiger partial charge in [-0.15, -0.1) is 0 Å². The molecule has 2 aromatic rings. The van der Waals surface area contributed by atoms with Crippen LogP contribution in [0.3, 0.4) is 0 Å². The summed E-state index contributed by atoms with van der Waals surface area (Å²) in [4.78, 5) is 19.4. The Morgan fingerprint density at radius 1 is 1.28 bits per heavy atom. The Morgan fingerprint density at radius 2 is 1.96 bits per heavy atom. The van der Waals surface area contributed by atoms with E-state index in [2.05, 4.69) is 20.6 Å². The van der Waals surface area contributed by atoms with Crippen molar-refractivity contribution in [3.8, 4) is 0 Å². The molecular formula is C16H20ClN5O3. The Balaban J connectivity index is 1.96. The monoisotopic (exact) mass is 365 g/mol. The lowest BCUT2D eigenvalue weighted by molar-refractivity contribution is 0.0523. The Bertz CT molecular complexity index is 732. The minimum atomic E-state index is -0.533. The van der Waals surface area contributed by atoms with Crippen LogP contribution < -0.4 is 16.1 Å². The van der Waals surface area contributed by atoms with Crippen molar-refractivity contribution in [3.05, 3.63) is 41.3 Å². The molecule has 134 valence electrons. The van der Waals surface area contributed by atoms with Gasteiger partial charge in [-0.1, -0.05) is 12.1 Å². The maximum atomic E-state index is 11.6. The number of nitrogens with one attached hydrogen (secondary N) is 3. The van der Waals surface area contributed by atoms with Crippen molar-refractivity contribution in [2.75, 3.05) is 10.8 Å². The second-order valence-electron chi connectivity index (χ2n) is 6.19. The predicted molar refractivity (Wildman–Crippen MR) is 95.2 cm³/mol. The summed E-state index contributed by atoms with van der Waals surface area (Å²) >= 11 is 5.76. The molecule has 0 aliphatic carbocycles. The van der Waals surface area contributed by atoms with E-state index < -0.39 is 11.7 Å². The topological polar surface area (TPSA) is 108 Å². The zero-order chi connectivity index (χ0) is 18.4. The fourth-order valence-corrected chi connectivity index (χ4v) is 2.00. The van der Waals surface area contributed by atoms with Crippen molar-refractivity contribution in [3.63, 3.8) is 0 Å². The number of carbonyl (C=O) groups is 1. The van der Waals surface area contributed by atoms with Crippen molar-refractivity contribution in [1.29, 1.82) is 0 Å². The molecule has 1 amide bonds. The fourth-order valence-electron chi connectivity index (χ4n) is 1.87. The number of nitrogens with zero attached hydrogens (tertiary/aromatic N) is 2. The van der Waals surface area contributed by atoms with E-state index in [0.717, 1.165) is 11.3 Å². The number of ether oxygens (including phenoxy) is 1. The van der Waals surface area contributed by atoms with Crippen LogP contribution in [-0.4, -0.2) is 26.9 Å². The van der Waals surface area contributed by atoms with Gasteiger partial charge in [0.15, 0.2) is 5.82 Å². The summed E-state index contributed by atoms with van der Waals surface area (Å²) in [6.07, 6.45) is 0.889. The molecule has 0 spiro atoms. The number of hydrogen-bond donors (Lipinski definition) is 4. The lowest BCUT2D eigenvalue weighted by Gasteiger charge is -2.19. The van der Waals surface area contributed by atoms with E-state index in [4.69, 9.17) is 21.5 Å². The molecule has 0 saturated carbocycles. The van der Waals surface area contributed by atoms with Crippen molar-refractivity contribution >= 4 is 34.9 Å². The lowest BCUT2D eigenvalue weighted by Crippen LogP contribution is -2.32. The first-order valence-electron chi connectivity index (χ1n) is 7.52. The third-order valence-corrected chi connectivity index (χ3v) is 3.11. The Morgan fingerprint density at radius 3 is 2.56 bits per heavy atom. The fraction of sp³-hybridized carbons (Fsp3) is 0.312. The first kappa shape index (κ1) is 18.8. The highest BCUT2D eigenvalue weighted by Gasteiger charge is 2.15. The number of alkyl carbamates (subject to hydrolysis) is 1. The first-order chi connectivity index (χ1) is 11.8. The Kier molecular flexibility index (Phi) is 6.00. The molecule has 1 heterocycles. The van der Waals surface area contributed by atoms with Crippen LogP contribution in [0.2, 0.25) is 5.28 Å². The van der Waals surface area contributed by atoms with E-state index in [1.807, 2.05) is 50.5 Å². The van der Waals surface area contributed by atoms with Crippen molar-refractivity contribution in [2.45, 2.75) is 32.9 Å². The van der Waals surface area contributed by atoms with E-state index in [0.29, 0.717) is 18.1 Å². The highest BCUT2D eigenvalue weighted by molar-refractivity contribution is 6.28. The van der Waals surface area contributed by atoms with Gasteiger partial charge in [0.1, 0.15) is 11.3 Å². The minimum Gasteiger partial charge on any atom is -0.444 e. The number of rotatable bonds is 5. The van der Waals surface area contributed by atoms with Crippen LogP contribution >= 0.6 is 11.6 Å². The summed E-state index contributed by atoms with van der Waals surface area (Å²) in [5.41, 5.74) is 3.39. The van der Waals surface area contributed by atoms with E-state index in [-0.39, 0.29) is 5.28 Å². The number of halogens is 1. The summed E-state index contributed by atoms with van der Waals surface area (Å²) in [6.45, 7) is 5.77. The van der Waals surface area contributed by atoms with Gasteiger partial charge in [0.05, 0.1) is 6.20 Å². The summed E-state index contributed by atoms with van der Waals surface area (Å²) in [6, 6.07) is 7.30. The van der Waals surface area contributed by atoms with Gasteiger partial charge in [-0.25, -0.2) is 9.78 Å². The van der Waals surface area contributed by atoms with Crippen LogP contribution in [-0.2, 0) is 11.3 Å². The molecule has 8 nitrogen and oxygen atoms in total. The second-order valence-corrected chi connectivity index (χ2v) is 6.53. The Hall–Kier alpha value is -2.58. The quantitative estimate of drug-likeness (QED) is 0.472. The zero-order valence-electron chi connectivity index (χ0n) is 14.1. The van der Waals surface area contributed by atoms with Crippen LogP contribution in [0.15, 0.2) is 30.5 Å². The third-order valence-electron chi connectivity index (χ3n) is 2.93. The number of anilines is 3. The molecule has 0 unspecified atom stereocenters. The van der Waals surface area contributed by atoms with E-state index in [9.17, 15) is 4.79 Å². The number of carbonyl (C=O) groups excluding carboxylic acids is 1. The molecule has 25 heavy (non-hydrogen) atoms. The maximum Gasteiger partial charge on any atom is 0.407 e. The van der Waals surface area contributed by atoms with E-state index >= 15 is 0 Å². The minimum absolute atomic E-state index is 0.0553. The smallest absolute Gasteiger partial charge is 0.407 e. The zero-order valence-corrected chi connectivity index (χ0v) is 14.9. The van der Waals surface area contributed by atoms with Crippen LogP contribution in [0.4, 0.5) is 22.0 Å². The molecular weight excluding hydrogens is 346 g/mol. The maximum absolute atomic E-state index is 11.6. The third kappa shape index (κ3) is 6.09. The van der Waals surface area contributed by atoms with Crippen molar-refractivity contribution < 1.29 is 14.7 Å². The molecule has 0 radical (unpaired) electrons. The van der Waals surface area contributed by atoms with Crippen molar-refractivity contribution in [2.24, 2.45) is 0 Å². The molecule has 0 aliphatic rings. The summed E-state index contributed by atoms with van der Waals surface area (Å²) in [5.74, 6) is 0.335. The van der Waals surface area contributed by atoms with Gasteiger partial charge in [-0.3, -0.25) is 10.7 Å². The summed E-state index contributed by atoms with van der Waals surface area (Å²) in [5, 5.41) is 14.8. The van der Waals surface area contributed by atoms with Gasteiger partial charge >= 0.3 is 6.09 Å². The van der Waals surface area contributed by atoms with Gasteiger partial charge < -0.3 is 15.4 Å². The molecule has 0 bridgehead atoms. The van der Waals surface area contributed by atoms with Gasteiger partial charge in [-0.05, 0) is 50.1 Å². The highest BCUT2D eigenvalue weighted by atomic mass is 35.5. The van der Waals surface area contributed by atoms with Crippen LogP contribution in [0, 0.1) is 0 Å². The molecule has 0 saturated heterocycles. The molecule has 1 aromatic carbocycles. The van der Waals surface area contributed by atoms with Gasteiger partial charge in [-0.2, -0.15) is 4.98 Å². The number of amides is 1. The van der Waals surface area contributed by atoms with Crippen LogP contribution in [0.1, 0.15) is 26.3 Å². The Labute approximate surface area is 150 Å². The molecule has 0 atom stereocenters. The SMILES string of the molecule is CC(C)(C)OC(=O)NCc1ccc(Nc2nc(Cl)ncc2NO)cc1. The predicted octanol–water partition coefficient (Wildman–Crippen LogP) is 3.70. The van der Waals surface area contributed by atoms with Gasteiger partial charge in [0.2, 0.25) is 5.28 Å². The second kappa shape index (κ2) is 8.00. The van der Waals surface area contributed by atoms with Crippen LogP contribution in [0.25, 0.3) is 0 Å². The standard InChI is InChI=1S/C16H20ClN5O3/c1-16(2,3)25-15(23)19-8-10-4-6-11(7-5-10)20-13-12(22-24)9-18-14(17)21-13/h4-7,9,22,24H,8H2,1-3H3,(H,19,23)(H,18,20,21). The average Bonchev–Trinajstić information content (AvgIpc) is 2.53. The summed E-state index contributed by atoms with van der Waals surface area (Å²) < 4.78 is 5.18. The molecule has 2 rings (SSSR count). The number of aromatic nitrogens is 2. The van der Waals surface area contributed by atoms with E-state index in [1.165, 1.54) is 6.20 Å². The number of benzene rings is 1.